The van der Waals surface area contributed by atoms with Gasteiger partial charge in [0.1, 0.15) is 0 Å². The number of nitrogens with zero attached hydrogens (tertiary/aromatic N) is 4. The van der Waals surface area contributed by atoms with Crippen LogP contribution in [0.1, 0.15) is 22.9 Å². The van der Waals surface area contributed by atoms with Gasteiger partial charge in [0.25, 0.3) is 0 Å². The van der Waals surface area contributed by atoms with E-state index in [2.05, 4.69) is 80.7 Å². The van der Waals surface area contributed by atoms with Crippen molar-refractivity contribution in [2.24, 2.45) is 5.10 Å². The number of pyridine rings is 1. The van der Waals surface area contributed by atoms with Gasteiger partial charge in [-0.05, 0) is 23.3 Å². The van der Waals surface area contributed by atoms with E-state index in [0.29, 0.717) is 0 Å². The Hall–Kier alpha value is -2.98. The average molecular weight is 356 g/mol. The van der Waals surface area contributed by atoms with Gasteiger partial charge in [-0.3, -0.25) is 14.9 Å². The second-order valence-corrected chi connectivity index (χ2v) is 6.71. The minimum absolute atomic E-state index is 0.286. The van der Waals surface area contributed by atoms with Crippen LogP contribution in [0, 0.1) is 0 Å². The molecule has 1 aliphatic rings. The fraction of sp³-hybridized carbons (Fsp3) is 0.217. The average Bonchev–Trinajstić information content (AvgIpc) is 2.76. The van der Waals surface area contributed by atoms with Crippen LogP contribution in [0.4, 0.5) is 0 Å². The third kappa shape index (κ3) is 4.41. The van der Waals surface area contributed by atoms with Gasteiger partial charge in [0.05, 0.1) is 18.0 Å². The quantitative estimate of drug-likeness (QED) is 0.651. The van der Waals surface area contributed by atoms with Crippen molar-refractivity contribution in [2.45, 2.75) is 6.04 Å². The van der Waals surface area contributed by atoms with Gasteiger partial charge in [-0.15, -0.1) is 0 Å². The Labute approximate surface area is 160 Å². The summed E-state index contributed by atoms with van der Waals surface area (Å²) in [6.45, 7) is 3.79. The molecule has 1 aromatic heterocycles. The maximum Gasteiger partial charge on any atom is 0.0830 e. The Bertz CT molecular complexity index is 802. The van der Waals surface area contributed by atoms with E-state index in [-0.39, 0.29) is 6.04 Å². The minimum Gasteiger partial charge on any atom is -0.294 e. The van der Waals surface area contributed by atoms with Gasteiger partial charge in [0, 0.05) is 32.4 Å². The highest BCUT2D eigenvalue weighted by Crippen LogP contribution is 2.29. The van der Waals surface area contributed by atoms with Crippen LogP contribution in [-0.2, 0) is 0 Å². The summed E-state index contributed by atoms with van der Waals surface area (Å²) >= 11 is 0. The molecule has 4 nitrogen and oxygen atoms in total. The Balaban J connectivity index is 1.47. The molecule has 1 fully saturated rings. The van der Waals surface area contributed by atoms with E-state index < -0.39 is 0 Å². The lowest BCUT2D eigenvalue weighted by Gasteiger charge is -2.38. The van der Waals surface area contributed by atoms with E-state index >= 15 is 0 Å². The molecule has 1 aliphatic heterocycles. The van der Waals surface area contributed by atoms with Crippen molar-refractivity contribution in [3.63, 3.8) is 0 Å². The third-order valence-electron chi connectivity index (χ3n) is 4.93. The summed E-state index contributed by atoms with van der Waals surface area (Å²) in [5.41, 5.74) is 3.58. The van der Waals surface area contributed by atoms with Crippen molar-refractivity contribution in [2.75, 3.05) is 26.2 Å². The Morgan fingerprint density at radius 1 is 0.741 bits per heavy atom. The lowest BCUT2D eigenvalue weighted by molar-refractivity contribution is 0.113. The molecule has 0 aliphatic carbocycles. The molecular weight excluding hydrogens is 332 g/mol. The molecular formula is C23H24N4. The van der Waals surface area contributed by atoms with Gasteiger partial charge in [-0.2, -0.15) is 5.10 Å². The van der Waals surface area contributed by atoms with Crippen molar-refractivity contribution in [3.05, 3.63) is 102 Å². The lowest BCUT2D eigenvalue weighted by Crippen LogP contribution is -2.45. The van der Waals surface area contributed by atoms with Crippen LogP contribution in [0.2, 0.25) is 0 Å². The van der Waals surface area contributed by atoms with Crippen LogP contribution >= 0.6 is 0 Å². The Morgan fingerprint density at radius 3 is 1.89 bits per heavy atom. The molecule has 1 saturated heterocycles. The summed E-state index contributed by atoms with van der Waals surface area (Å²) < 4.78 is 0. The van der Waals surface area contributed by atoms with Crippen LogP contribution in [0.15, 0.2) is 90.2 Å². The summed E-state index contributed by atoms with van der Waals surface area (Å²) in [5, 5.41) is 6.75. The summed E-state index contributed by atoms with van der Waals surface area (Å²) in [6.07, 6.45) is 3.64. The fourth-order valence-corrected chi connectivity index (χ4v) is 3.56. The van der Waals surface area contributed by atoms with Crippen molar-refractivity contribution in [3.8, 4) is 0 Å². The molecule has 0 saturated carbocycles. The molecule has 3 aromatic rings. The summed E-state index contributed by atoms with van der Waals surface area (Å²) in [4.78, 5) is 6.85. The zero-order valence-electron chi connectivity index (χ0n) is 15.4. The summed E-state index contributed by atoms with van der Waals surface area (Å²) in [6, 6.07) is 27.7. The number of hydrogen-bond acceptors (Lipinski definition) is 4. The maximum absolute atomic E-state index is 4.61. The Kier molecular flexibility index (Phi) is 5.56. The standard InChI is InChI=1S/C23H24N4/c1-3-9-20(10-4-1)23(21-11-5-2-6-12-21)26-15-17-27(18-16-26)25-19-22-13-7-8-14-24-22/h1-14,19,23H,15-18H2/b25-19-. The lowest BCUT2D eigenvalue weighted by atomic mass is 9.96. The minimum atomic E-state index is 0.286. The topological polar surface area (TPSA) is 31.7 Å². The predicted octanol–water partition coefficient (Wildman–Crippen LogP) is 3.82. The second kappa shape index (κ2) is 8.60. The first kappa shape index (κ1) is 17.4. The first-order valence-electron chi connectivity index (χ1n) is 9.44. The molecule has 0 bridgehead atoms. The van der Waals surface area contributed by atoms with Crippen molar-refractivity contribution >= 4 is 6.21 Å². The molecule has 0 atom stereocenters. The zero-order valence-corrected chi connectivity index (χ0v) is 15.4. The van der Waals surface area contributed by atoms with Gasteiger partial charge >= 0.3 is 0 Å². The number of hydrazone groups is 1. The molecule has 0 N–H and O–H groups in total. The van der Waals surface area contributed by atoms with Crippen LogP contribution < -0.4 is 0 Å². The molecule has 0 amide bonds. The highest BCUT2D eigenvalue weighted by Gasteiger charge is 2.25. The smallest absolute Gasteiger partial charge is 0.0830 e. The summed E-state index contributed by atoms with van der Waals surface area (Å²) in [7, 11) is 0. The molecule has 27 heavy (non-hydrogen) atoms. The summed E-state index contributed by atoms with van der Waals surface area (Å²) in [5.74, 6) is 0. The number of hydrogen-bond donors (Lipinski definition) is 0. The highest BCUT2D eigenvalue weighted by atomic mass is 15.5. The Morgan fingerprint density at radius 2 is 1.33 bits per heavy atom. The van der Waals surface area contributed by atoms with Crippen molar-refractivity contribution in [1.29, 1.82) is 0 Å². The van der Waals surface area contributed by atoms with Crippen molar-refractivity contribution < 1.29 is 0 Å². The number of rotatable bonds is 5. The molecule has 0 unspecified atom stereocenters. The molecule has 0 spiro atoms. The number of piperazine rings is 1. The zero-order chi connectivity index (χ0) is 18.3. The highest BCUT2D eigenvalue weighted by molar-refractivity contribution is 5.76. The van der Waals surface area contributed by atoms with Gasteiger partial charge < -0.3 is 0 Å². The van der Waals surface area contributed by atoms with E-state index in [1.807, 2.05) is 24.4 Å². The normalized spacial score (nSPS) is 15.5. The largest absolute Gasteiger partial charge is 0.294 e. The first-order chi connectivity index (χ1) is 13.4. The third-order valence-corrected chi connectivity index (χ3v) is 4.93. The van der Waals surface area contributed by atoms with E-state index in [0.717, 1.165) is 31.9 Å². The SMILES string of the molecule is C(=N/N1CCN(C(c2ccccc2)c2ccccc2)CC1)/c1ccccn1. The predicted molar refractivity (Wildman–Crippen MR) is 110 cm³/mol. The van der Waals surface area contributed by atoms with Gasteiger partial charge in [-0.25, -0.2) is 0 Å². The van der Waals surface area contributed by atoms with Gasteiger partial charge in [0.15, 0.2) is 0 Å². The van der Waals surface area contributed by atoms with Crippen LogP contribution in [0.25, 0.3) is 0 Å². The molecule has 2 aromatic carbocycles. The monoisotopic (exact) mass is 356 g/mol. The molecule has 4 heteroatoms. The van der Waals surface area contributed by atoms with Gasteiger partial charge in [0.2, 0.25) is 0 Å². The second-order valence-electron chi connectivity index (χ2n) is 6.71. The first-order valence-corrected chi connectivity index (χ1v) is 9.44. The van der Waals surface area contributed by atoms with Gasteiger partial charge in [-0.1, -0.05) is 66.7 Å². The van der Waals surface area contributed by atoms with E-state index in [1.165, 1.54) is 11.1 Å². The van der Waals surface area contributed by atoms with E-state index in [4.69, 9.17) is 0 Å². The van der Waals surface area contributed by atoms with E-state index in [1.54, 1.807) is 6.20 Å². The molecule has 0 radical (unpaired) electrons. The molecule has 2 heterocycles. The fourth-order valence-electron chi connectivity index (χ4n) is 3.56. The van der Waals surface area contributed by atoms with E-state index in [9.17, 15) is 0 Å². The number of benzene rings is 2. The molecule has 136 valence electrons. The van der Waals surface area contributed by atoms with Crippen LogP contribution in [0.5, 0.6) is 0 Å². The van der Waals surface area contributed by atoms with Crippen LogP contribution in [0.3, 0.4) is 0 Å². The maximum atomic E-state index is 4.61. The van der Waals surface area contributed by atoms with Crippen molar-refractivity contribution in [1.82, 2.24) is 14.9 Å². The molecule has 4 rings (SSSR count). The number of aromatic nitrogens is 1. The van der Waals surface area contributed by atoms with Crippen LogP contribution in [-0.4, -0.2) is 47.3 Å².